The number of carbonyl (C=O) groups is 1. The Morgan fingerprint density at radius 1 is 1.13 bits per heavy atom. The van der Waals surface area contributed by atoms with Crippen molar-refractivity contribution in [3.8, 4) is 5.75 Å². The van der Waals surface area contributed by atoms with E-state index in [-0.39, 0.29) is 11.7 Å². The molecule has 0 saturated heterocycles. The second-order valence-electron chi connectivity index (χ2n) is 6.84. The maximum Gasteiger partial charge on any atom is 0.280 e. The average Bonchev–Trinajstić information content (AvgIpc) is 3.18. The molecular weight excluding hydrogens is 413 g/mol. The Morgan fingerprint density at radius 2 is 1.87 bits per heavy atom. The predicted octanol–water partition coefficient (Wildman–Crippen LogP) is 5.82. The zero-order chi connectivity index (χ0) is 21.8. The van der Waals surface area contributed by atoms with E-state index in [0.717, 1.165) is 16.9 Å². The average molecular weight is 434 g/mol. The maximum atomic E-state index is 13.6. The molecule has 1 heterocycles. The lowest BCUT2D eigenvalue weighted by atomic mass is 10.1. The van der Waals surface area contributed by atoms with Gasteiger partial charge in [-0.05, 0) is 74.0 Å². The smallest absolute Gasteiger partial charge is 0.280 e. The minimum absolute atomic E-state index is 0.318. The molecule has 0 atom stereocenters. The van der Waals surface area contributed by atoms with Gasteiger partial charge in [-0.3, -0.25) is 4.79 Å². The van der Waals surface area contributed by atoms with Crippen molar-refractivity contribution in [3.05, 3.63) is 89.2 Å². The molecule has 31 heavy (non-hydrogen) atoms. The van der Waals surface area contributed by atoms with Crippen molar-refractivity contribution in [2.75, 3.05) is 11.6 Å². The molecule has 0 saturated carbocycles. The summed E-state index contributed by atoms with van der Waals surface area (Å²) in [5.74, 6) is 0.0964. The van der Waals surface area contributed by atoms with Crippen LogP contribution < -0.4 is 9.75 Å². The molecule has 1 aromatic heterocycles. The fraction of sp³-hybridized carbons (Fsp3) is 0.125. The fourth-order valence-electron chi connectivity index (χ4n) is 2.93. The molecule has 7 heteroatoms. The lowest BCUT2D eigenvalue weighted by Gasteiger charge is -2.14. The summed E-state index contributed by atoms with van der Waals surface area (Å²) in [6.45, 7) is 4.47. The van der Waals surface area contributed by atoms with E-state index in [2.05, 4.69) is 10.1 Å². The topological polar surface area (TPSA) is 54.8 Å². The maximum absolute atomic E-state index is 13.6. The Labute approximate surface area is 183 Å². The second kappa shape index (κ2) is 9.06. The van der Waals surface area contributed by atoms with Gasteiger partial charge in [0.05, 0.1) is 23.0 Å². The fourth-order valence-corrected chi connectivity index (χ4v) is 3.87. The molecule has 4 rings (SSSR count). The van der Waals surface area contributed by atoms with E-state index in [1.807, 2.05) is 50.2 Å². The lowest BCUT2D eigenvalue weighted by molar-refractivity contribution is 0.0988. The SMILES string of the molecule is CCOc1ccc(/C=N/N(C(=O)c2ccc(C)cc2)c2nc3ccc(F)cc3s2)cc1. The van der Waals surface area contributed by atoms with Crippen molar-refractivity contribution in [3.63, 3.8) is 0 Å². The van der Waals surface area contributed by atoms with Crippen LogP contribution in [0.2, 0.25) is 0 Å². The number of amides is 1. The van der Waals surface area contributed by atoms with Crippen LogP contribution in [0.4, 0.5) is 9.52 Å². The number of ether oxygens (including phenoxy) is 1. The first-order valence-corrected chi connectivity index (χ1v) is 10.6. The van der Waals surface area contributed by atoms with Crippen LogP contribution in [0, 0.1) is 12.7 Å². The van der Waals surface area contributed by atoms with E-state index in [9.17, 15) is 9.18 Å². The lowest BCUT2D eigenvalue weighted by Crippen LogP contribution is -2.25. The first-order chi connectivity index (χ1) is 15.0. The molecule has 0 aliphatic heterocycles. The highest BCUT2D eigenvalue weighted by Gasteiger charge is 2.21. The third-order valence-corrected chi connectivity index (χ3v) is 5.52. The summed E-state index contributed by atoms with van der Waals surface area (Å²) >= 11 is 1.21. The molecule has 0 radical (unpaired) electrons. The van der Waals surface area contributed by atoms with E-state index in [1.165, 1.54) is 28.5 Å². The molecule has 3 aromatic carbocycles. The molecule has 0 bridgehead atoms. The van der Waals surface area contributed by atoms with Crippen molar-refractivity contribution in [2.45, 2.75) is 13.8 Å². The molecule has 4 aromatic rings. The molecule has 0 unspecified atom stereocenters. The quantitative estimate of drug-likeness (QED) is 0.284. The van der Waals surface area contributed by atoms with Gasteiger partial charge in [-0.15, -0.1) is 0 Å². The van der Waals surface area contributed by atoms with E-state index in [1.54, 1.807) is 24.4 Å². The highest BCUT2D eigenvalue weighted by Crippen LogP contribution is 2.30. The summed E-state index contributed by atoms with van der Waals surface area (Å²) in [5.41, 5.74) is 2.95. The first kappa shape index (κ1) is 20.7. The number of hydrogen-bond donors (Lipinski definition) is 0. The van der Waals surface area contributed by atoms with Crippen LogP contribution in [0.25, 0.3) is 10.2 Å². The highest BCUT2D eigenvalue weighted by atomic mass is 32.1. The summed E-state index contributed by atoms with van der Waals surface area (Å²) < 4.78 is 19.7. The van der Waals surface area contributed by atoms with Crippen LogP contribution in [0.15, 0.2) is 71.8 Å². The Hall–Kier alpha value is -3.58. The van der Waals surface area contributed by atoms with Gasteiger partial charge in [-0.2, -0.15) is 10.1 Å². The number of aromatic nitrogens is 1. The zero-order valence-electron chi connectivity index (χ0n) is 17.1. The minimum Gasteiger partial charge on any atom is -0.494 e. The van der Waals surface area contributed by atoms with E-state index >= 15 is 0 Å². The van der Waals surface area contributed by atoms with Gasteiger partial charge in [0, 0.05) is 5.56 Å². The molecule has 0 aliphatic rings. The van der Waals surface area contributed by atoms with Gasteiger partial charge in [-0.1, -0.05) is 29.0 Å². The number of nitrogens with zero attached hydrogens (tertiary/aromatic N) is 3. The number of halogens is 1. The number of benzene rings is 3. The third kappa shape index (κ3) is 4.78. The van der Waals surface area contributed by atoms with Gasteiger partial charge >= 0.3 is 0 Å². The molecule has 0 aliphatic carbocycles. The summed E-state index contributed by atoms with van der Waals surface area (Å²) in [7, 11) is 0. The van der Waals surface area contributed by atoms with Crippen LogP contribution in [-0.2, 0) is 0 Å². The number of hydrazone groups is 1. The number of rotatable bonds is 6. The molecule has 1 amide bonds. The Balaban J connectivity index is 1.70. The van der Waals surface area contributed by atoms with Gasteiger partial charge in [-0.25, -0.2) is 9.37 Å². The molecule has 0 fully saturated rings. The van der Waals surface area contributed by atoms with Crippen molar-refractivity contribution < 1.29 is 13.9 Å². The normalized spacial score (nSPS) is 11.2. The van der Waals surface area contributed by atoms with Crippen molar-refractivity contribution in [1.29, 1.82) is 0 Å². The number of hydrogen-bond acceptors (Lipinski definition) is 5. The highest BCUT2D eigenvalue weighted by molar-refractivity contribution is 7.22. The van der Waals surface area contributed by atoms with Crippen LogP contribution in [-0.4, -0.2) is 23.7 Å². The van der Waals surface area contributed by atoms with Crippen LogP contribution >= 0.6 is 11.3 Å². The van der Waals surface area contributed by atoms with Crippen molar-refractivity contribution in [1.82, 2.24) is 4.98 Å². The molecule has 0 N–H and O–H groups in total. The van der Waals surface area contributed by atoms with E-state index in [4.69, 9.17) is 4.74 Å². The summed E-state index contributed by atoms with van der Waals surface area (Å²) in [6.07, 6.45) is 1.59. The largest absolute Gasteiger partial charge is 0.494 e. The van der Waals surface area contributed by atoms with Crippen LogP contribution in [0.3, 0.4) is 0 Å². The summed E-state index contributed by atoms with van der Waals surface area (Å²) in [5, 5.41) is 6.05. The second-order valence-corrected chi connectivity index (χ2v) is 7.85. The summed E-state index contributed by atoms with van der Waals surface area (Å²) in [4.78, 5) is 17.7. The Bertz CT molecular complexity index is 1230. The van der Waals surface area contributed by atoms with Crippen molar-refractivity contribution >= 4 is 38.8 Å². The van der Waals surface area contributed by atoms with Crippen LogP contribution in [0.1, 0.15) is 28.4 Å². The number of fused-ring (bicyclic) bond motifs is 1. The van der Waals surface area contributed by atoms with Gasteiger partial charge in [0.25, 0.3) is 5.91 Å². The summed E-state index contributed by atoms with van der Waals surface area (Å²) in [6, 6.07) is 19.0. The van der Waals surface area contributed by atoms with Gasteiger partial charge in [0.1, 0.15) is 11.6 Å². The van der Waals surface area contributed by atoms with E-state index in [0.29, 0.717) is 27.5 Å². The Morgan fingerprint density at radius 3 is 2.58 bits per heavy atom. The van der Waals surface area contributed by atoms with Gasteiger partial charge in [0.2, 0.25) is 5.13 Å². The molecule has 156 valence electrons. The standard InChI is InChI=1S/C24H20FN3O2S/c1-3-30-20-11-6-17(7-12-20)15-26-28(23(29)18-8-4-16(2)5-9-18)24-27-21-13-10-19(25)14-22(21)31-24/h4-15H,3H2,1-2H3/b26-15+. The van der Waals surface area contributed by atoms with Gasteiger partial charge < -0.3 is 4.74 Å². The zero-order valence-corrected chi connectivity index (χ0v) is 17.9. The minimum atomic E-state index is -0.350. The van der Waals surface area contributed by atoms with Crippen LogP contribution in [0.5, 0.6) is 5.75 Å². The number of anilines is 1. The Kier molecular flexibility index (Phi) is 6.04. The molecular formula is C24H20FN3O2S. The molecule has 5 nitrogen and oxygen atoms in total. The first-order valence-electron chi connectivity index (χ1n) is 9.77. The van der Waals surface area contributed by atoms with E-state index < -0.39 is 0 Å². The van der Waals surface area contributed by atoms with Crippen molar-refractivity contribution in [2.24, 2.45) is 5.10 Å². The molecule has 0 spiro atoms. The predicted molar refractivity (Wildman–Crippen MR) is 123 cm³/mol. The van der Waals surface area contributed by atoms with Gasteiger partial charge in [0.15, 0.2) is 0 Å². The number of carbonyl (C=O) groups excluding carboxylic acids is 1. The monoisotopic (exact) mass is 433 g/mol. The number of aryl methyl sites for hydroxylation is 1. The number of thiazole rings is 1. The third-order valence-electron chi connectivity index (χ3n) is 4.52.